The standard InChI is InChI=1S/C12H23NO3/c1-13(6-4-7-15-2)9-12(10-14)5-3-8-16-11-12/h10H,3-9,11H2,1-2H3. The molecule has 0 radical (unpaired) electrons. The molecule has 1 aliphatic rings. The van der Waals surface area contributed by atoms with Crippen molar-refractivity contribution in [3.8, 4) is 0 Å². The van der Waals surface area contributed by atoms with Crippen molar-refractivity contribution in [3.63, 3.8) is 0 Å². The van der Waals surface area contributed by atoms with E-state index in [1.54, 1.807) is 7.11 Å². The lowest BCUT2D eigenvalue weighted by molar-refractivity contribution is -0.125. The molecule has 1 unspecified atom stereocenters. The van der Waals surface area contributed by atoms with Crippen molar-refractivity contribution in [1.82, 2.24) is 4.90 Å². The highest BCUT2D eigenvalue weighted by Crippen LogP contribution is 2.27. The van der Waals surface area contributed by atoms with E-state index in [0.29, 0.717) is 6.61 Å². The number of hydrogen-bond donors (Lipinski definition) is 0. The number of aldehydes is 1. The summed E-state index contributed by atoms with van der Waals surface area (Å²) in [5.74, 6) is 0. The first-order valence-corrected chi connectivity index (χ1v) is 5.94. The molecule has 0 aromatic heterocycles. The van der Waals surface area contributed by atoms with Crippen LogP contribution in [-0.2, 0) is 14.3 Å². The molecule has 1 atom stereocenters. The first-order chi connectivity index (χ1) is 7.72. The third-order valence-electron chi connectivity index (χ3n) is 3.08. The summed E-state index contributed by atoms with van der Waals surface area (Å²) in [7, 11) is 3.76. The zero-order valence-electron chi connectivity index (χ0n) is 10.4. The molecule has 0 spiro atoms. The molecule has 4 heteroatoms. The van der Waals surface area contributed by atoms with Crippen molar-refractivity contribution in [1.29, 1.82) is 0 Å². The molecule has 16 heavy (non-hydrogen) atoms. The van der Waals surface area contributed by atoms with Crippen LogP contribution in [0.4, 0.5) is 0 Å². The normalized spacial score (nSPS) is 25.9. The third-order valence-corrected chi connectivity index (χ3v) is 3.08. The van der Waals surface area contributed by atoms with E-state index in [1.807, 2.05) is 0 Å². The van der Waals surface area contributed by atoms with Crippen LogP contribution < -0.4 is 0 Å². The zero-order valence-corrected chi connectivity index (χ0v) is 10.4. The Morgan fingerprint density at radius 2 is 2.38 bits per heavy atom. The maximum atomic E-state index is 11.2. The van der Waals surface area contributed by atoms with E-state index in [2.05, 4.69) is 11.9 Å². The number of nitrogens with zero attached hydrogens (tertiary/aromatic N) is 1. The van der Waals surface area contributed by atoms with Crippen molar-refractivity contribution in [2.75, 3.05) is 47.1 Å². The van der Waals surface area contributed by atoms with Gasteiger partial charge in [0.25, 0.3) is 0 Å². The lowest BCUT2D eigenvalue weighted by Gasteiger charge is -2.35. The van der Waals surface area contributed by atoms with Crippen molar-refractivity contribution in [2.45, 2.75) is 19.3 Å². The van der Waals surface area contributed by atoms with E-state index in [4.69, 9.17) is 9.47 Å². The first-order valence-electron chi connectivity index (χ1n) is 5.94. The van der Waals surface area contributed by atoms with E-state index in [-0.39, 0.29) is 5.41 Å². The lowest BCUT2D eigenvalue weighted by atomic mass is 9.83. The van der Waals surface area contributed by atoms with Crippen molar-refractivity contribution in [3.05, 3.63) is 0 Å². The van der Waals surface area contributed by atoms with Gasteiger partial charge in [-0.2, -0.15) is 0 Å². The highest BCUT2D eigenvalue weighted by molar-refractivity contribution is 5.60. The van der Waals surface area contributed by atoms with Gasteiger partial charge in [0.05, 0.1) is 12.0 Å². The number of carbonyl (C=O) groups excluding carboxylic acids is 1. The average molecular weight is 229 g/mol. The molecule has 0 aliphatic carbocycles. The van der Waals surface area contributed by atoms with Gasteiger partial charge >= 0.3 is 0 Å². The summed E-state index contributed by atoms with van der Waals surface area (Å²) in [6.45, 7) is 3.90. The molecule has 0 bridgehead atoms. The highest BCUT2D eigenvalue weighted by Gasteiger charge is 2.33. The quantitative estimate of drug-likeness (QED) is 0.481. The van der Waals surface area contributed by atoms with Gasteiger partial charge in [-0.05, 0) is 26.3 Å². The lowest BCUT2D eigenvalue weighted by Crippen LogP contribution is -2.43. The fraction of sp³-hybridized carbons (Fsp3) is 0.917. The van der Waals surface area contributed by atoms with E-state index in [1.165, 1.54) is 0 Å². The molecular formula is C12H23NO3. The van der Waals surface area contributed by atoms with Crippen molar-refractivity contribution in [2.24, 2.45) is 5.41 Å². The average Bonchev–Trinajstić information content (AvgIpc) is 2.30. The molecule has 0 saturated carbocycles. The minimum atomic E-state index is -0.278. The molecule has 1 saturated heterocycles. The van der Waals surface area contributed by atoms with Gasteiger partial charge in [0.1, 0.15) is 6.29 Å². The summed E-state index contributed by atoms with van der Waals surface area (Å²) in [6.07, 6.45) is 4.03. The second-order valence-corrected chi connectivity index (χ2v) is 4.72. The van der Waals surface area contributed by atoms with E-state index >= 15 is 0 Å². The van der Waals surface area contributed by atoms with E-state index < -0.39 is 0 Å². The number of ether oxygens (including phenoxy) is 2. The molecule has 1 rings (SSSR count). The predicted molar refractivity (Wildman–Crippen MR) is 62.5 cm³/mol. The number of methoxy groups -OCH3 is 1. The van der Waals surface area contributed by atoms with Crippen LogP contribution in [0.2, 0.25) is 0 Å². The van der Waals surface area contributed by atoms with Gasteiger partial charge < -0.3 is 19.2 Å². The first kappa shape index (κ1) is 13.6. The number of hydrogen-bond acceptors (Lipinski definition) is 4. The van der Waals surface area contributed by atoms with Gasteiger partial charge in [0.2, 0.25) is 0 Å². The third kappa shape index (κ3) is 4.20. The molecule has 0 N–H and O–H groups in total. The van der Waals surface area contributed by atoms with Crippen LogP contribution in [-0.4, -0.2) is 58.3 Å². The van der Waals surface area contributed by atoms with Crippen LogP contribution in [0.5, 0.6) is 0 Å². The largest absolute Gasteiger partial charge is 0.385 e. The summed E-state index contributed by atoms with van der Waals surface area (Å²) >= 11 is 0. The smallest absolute Gasteiger partial charge is 0.129 e. The second-order valence-electron chi connectivity index (χ2n) is 4.72. The highest BCUT2D eigenvalue weighted by atomic mass is 16.5. The zero-order chi connectivity index (χ0) is 11.9. The molecule has 1 heterocycles. The van der Waals surface area contributed by atoms with Crippen LogP contribution in [0, 0.1) is 5.41 Å². The van der Waals surface area contributed by atoms with Gasteiger partial charge in [-0.25, -0.2) is 0 Å². The van der Waals surface area contributed by atoms with Crippen LogP contribution in [0.1, 0.15) is 19.3 Å². The van der Waals surface area contributed by atoms with Crippen LogP contribution in [0.3, 0.4) is 0 Å². The summed E-state index contributed by atoms with van der Waals surface area (Å²) < 4.78 is 10.4. The SMILES string of the molecule is COCCCN(C)CC1(C=O)CCCOC1. The molecule has 0 aromatic rings. The molecule has 1 fully saturated rings. The Balaban J connectivity index is 2.33. The van der Waals surface area contributed by atoms with Gasteiger partial charge in [-0.1, -0.05) is 0 Å². The molecule has 94 valence electrons. The summed E-state index contributed by atoms with van der Waals surface area (Å²) in [6, 6.07) is 0. The fourth-order valence-electron chi connectivity index (χ4n) is 2.22. The predicted octanol–water partition coefficient (Wildman–Crippen LogP) is 0.950. The Morgan fingerprint density at radius 1 is 1.56 bits per heavy atom. The van der Waals surface area contributed by atoms with Crippen LogP contribution in [0.15, 0.2) is 0 Å². The Bertz CT molecular complexity index is 202. The number of carbonyl (C=O) groups is 1. The molecule has 0 aromatic carbocycles. The Labute approximate surface area is 97.9 Å². The molecule has 1 aliphatic heterocycles. The van der Waals surface area contributed by atoms with Gasteiger partial charge in [0, 0.05) is 33.4 Å². The fourth-order valence-corrected chi connectivity index (χ4v) is 2.22. The van der Waals surface area contributed by atoms with Gasteiger partial charge in [-0.15, -0.1) is 0 Å². The van der Waals surface area contributed by atoms with E-state index in [0.717, 1.165) is 51.9 Å². The summed E-state index contributed by atoms with van der Waals surface area (Å²) in [5, 5.41) is 0. The molecular weight excluding hydrogens is 206 g/mol. The van der Waals surface area contributed by atoms with Crippen LogP contribution in [0.25, 0.3) is 0 Å². The van der Waals surface area contributed by atoms with E-state index in [9.17, 15) is 4.79 Å². The minimum Gasteiger partial charge on any atom is -0.385 e. The maximum Gasteiger partial charge on any atom is 0.129 e. The Kier molecular flexibility index (Phi) is 5.95. The van der Waals surface area contributed by atoms with Gasteiger partial charge in [0.15, 0.2) is 0 Å². The molecule has 0 amide bonds. The second kappa shape index (κ2) is 6.99. The topological polar surface area (TPSA) is 38.8 Å². The molecule has 4 nitrogen and oxygen atoms in total. The van der Waals surface area contributed by atoms with Crippen molar-refractivity contribution < 1.29 is 14.3 Å². The summed E-state index contributed by atoms with van der Waals surface area (Å²) in [5.41, 5.74) is -0.278. The Hall–Kier alpha value is -0.450. The number of rotatable bonds is 7. The maximum absolute atomic E-state index is 11.2. The monoisotopic (exact) mass is 229 g/mol. The van der Waals surface area contributed by atoms with Crippen molar-refractivity contribution >= 4 is 6.29 Å². The Morgan fingerprint density at radius 3 is 2.94 bits per heavy atom. The minimum absolute atomic E-state index is 0.278. The van der Waals surface area contributed by atoms with Crippen LogP contribution >= 0.6 is 0 Å². The van der Waals surface area contributed by atoms with Gasteiger partial charge in [-0.3, -0.25) is 0 Å². The summed E-state index contributed by atoms with van der Waals surface area (Å²) in [4.78, 5) is 13.4.